The number of amides is 10. The molecule has 28 heteroatoms. The lowest BCUT2D eigenvalue weighted by atomic mass is 10.00. The number of hydrogen-bond acceptors (Lipinski definition) is 17. The molecule has 0 bridgehead atoms. The van der Waals surface area contributed by atoms with E-state index < -0.39 is 114 Å². The third-order valence-electron chi connectivity index (χ3n) is 14.0. The van der Waals surface area contributed by atoms with Crippen LogP contribution in [0.3, 0.4) is 0 Å². The van der Waals surface area contributed by atoms with Gasteiger partial charge in [0, 0.05) is 47.8 Å². The lowest BCUT2D eigenvalue weighted by Gasteiger charge is -2.29. The molecule has 2 heterocycles. The summed E-state index contributed by atoms with van der Waals surface area (Å²) in [6.45, 7) is 1.84. The van der Waals surface area contributed by atoms with Crippen LogP contribution < -0.4 is 59.3 Å². The predicted octanol–water partition coefficient (Wildman–Crippen LogP) is 0.947. The predicted molar refractivity (Wildman–Crippen MR) is 329 cm³/mol. The van der Waals surface area contributed by atoms with E-state index in [1.54, 1.807) is 31.3 Å². The topological polar surface area (TPSA) is 405 Å². The number of aliphatic hydroxyl groups excluding tert-OH is 1. The maximum Gasteiger partial charge on any atom is 0.287 e. The van der Waals surface area contributed by atoms with E-state index in [2.05, 4.69) is 47.9 Å². The van der Waals surface area contributed by atoms with Crippen molar-refractivity contribution in [1.29, 1.82) is 0 Å². The third kappa shape index (κ3) is 21.7. The summed E-state index contributed by atoms with van der Waals surface area (Å²) >= 11 is 6.18. The van der Waals surface area contributed by atoms with Crippen LogP contribution in [0.5, 0.6) is 11.5 Å². The van der Waals surface area contributed by atoms with Crippen LogP contribution in [0, 0.1) is 0 Å². The molecule has 0 aliphatic carbocycles. The van der Waals surface area contributed by atoms with Crippen molar-refractivity contribution in [3.05, 3.63) is 154 Å². The first-order chi connectivity index (χ1) is 42.1. The highest BCUT2D eigenvalue weighted by Crippen LogP contribution is 2.25. The number of benzene rings is 4. The highest BCUT2D eigenvalue weighted by atomic mass is 35.5. The number of nitrogens with one attached hydrogen (secondary N) is 9. The molecule has 0 unspecified atom stereocenters. The Balaban J connectivity index is 1.43. The molecule has 1 aromatic heterocycles. The first-order valence-corrected chi connectivity index (χ1v) is 31.0. The molecule has 1 aliphatic heterocycles. The van der Waals surface area contributed by atoms with Crippen molar-refractivity contribution in [2.75, 3.05) is 25.1 Å². The SMILES string of the molecule is CNCCCCC[C@@H]1NC(=O)[C@@H](Cc2ccc(C(N)=O)cc2)NC(=O)[C@H](Cc2ccc(O)cc2)NC(=O)[C@H](NC(=O)[C@H](Cc2ccc(Cl)cc2)NC(=O)c2ccco2)CSSC[C@@H](C(=O)N[C@H](Cc2ccc(O)cc2)C(N)=O)NC(=O)[C@H]([C@@H](C)O)NC1=O. The van der Waals surface area contributed by atoms with Gasteiger partial charge in [0.1, 0.15) is 59.8 Å². The van der Waals surface area contributed by atoms with Crippen LogP contribution in [-0.2, 0) is 64.0 Å². The minimum absolute atomic E-state index is 0.0163. The van der Waals surface area contributed by atoms with Gasteiger partial charge in [-0.2, -0.15) is 0 Å². The van der Waals surface area contributed by atoms with Crippen molar-refractivity contribution in [2.45, 2.75) is 113 Å². The lowest BCUT2D eigenvalue weighted by Crippen LogP contribution is -2.62. The Hall–Kier alpha value is -8.63. The monoisotopic (exact) mass is 1270 g/mol. The number of halogens is 1. The highest BCUT2D eigenvalue weighted by Gasteiger charge is 2.37. The van der Waals surface area contributed by atoms with E-state index in [1.807, 2.05) is 0 Å². The first kappa shape index (κ1) is 68.5. The number of aliphatic hydroxyl groups is 1. The van der Waals surface area contributed by atoms with E-state index in [-0.39, 0.29) is 66.4 Å². The Kier molecular flexibility index (Phi) is 26.5. The van der Waals surface area contributed by atoms with Crippen molar-refractivity contribution in [1.82, 2.24) is 47.9 Å². The number of hydrogen-bond donors (Lipinski definition) is 14. The van der Waals surface area contributed by atoms with E-state index in [0.29, 0.717) is 53.1 Å². The average Bonchev–Trinajstić information content (AvgIpc) is 4.20. The molecule has 4 aromatic carbocycles. The average molecular weight is 1270 g/mol. The first-order valence-electron chi connectivity index (χ1n) is 28.1. The summed E-state index contributed by atoms with van der Waals surface area (Å²) in [6.07, 6.45) is 0.390. The molecule has 0 radical (unpaired) electrons. The molecule has 6 rings (SSSR count). The summed E-state index contributed by atoms with van der Waals surface area (Å²) in [5.41, 5.74) is 13.3. The van der Waals surface area contributed by atoms with Crippen molar-refractivity contribution in [2.24, 2.45) is 11.5 Å². The largest absolute Gasteiger partial charge is 0.508 e. The Bertz CT molecular complexity index is 3200. The van der Waals surface area contributed by atoms with Gasteiger partial charge in [-0.1, -0.05) is 94.6 Å². The molecule has 470 valence electrons. The summed E-state index contributed by atoms with van der Waals surface area (Å²) in [6, 6.07) is 14.3. The second-order valence-corrected chi connectivity index (χ2v) is 23.8. The van der Waals surface area contributed by atoms with E-state index in [4.69, 9.17) is 27.5 Å². The normalized spacial score (nSPS) is 20.0. The number of unbranched alkanes of at least 4 members (excludes halogenated alkanes) is 2. The van der Waals surface area contributed by atoms with Crippen LogP contribution in [-0.4, -0.2) is 154 Å². The van der Waals surface area contributed by atoms with Gasteiger partial charge in [-0.05, 0) is 116 Å². The Morgan fingerprint density at radius 2 is 1.17 bits per heavy atom. The fourth-order valence-corrected chi connectivity index (χ4v) is 11.6. The molecule has 1 saturated heterocycles. The summed E-state index contributed by atoms with van der Waals surface area (Å²) in [4.78, 5) is 141. The van der Waals surface area contributed by atoms with E-state index in [0.717, 1.165) is 21.6 Å². The van der Waals surface area contributed by atoms with Gasteiger partial charge in [0.25, 0.3) is 5.91 Å². The van der Waals surface area contributed by atoms with Crippen LogP contribution in [0.2, 0.25) is 5.02 Å². The molecular weight excluding hydrogens is 1200 g/mol. The zero-order valence-electron chi connectivity index (χ0n) is 48.1. The van der Waals surface area contributed by atoms with Gasteiger partial charge in [0.2, 0.25) is 53.2 Å². The molecule has 88 heavy (non-hydrogen) atoms. The molecular formula is C60H72ClN11O14S2. The number of phenolic OH excluding ortho intramolecular Hbond substituents is 2. The van der Waals surface area contributed by atoms with Gasteiger partial charge >= 0.3 is 0 Å². The van der Waals surface area contributed by atoms with Crippen molar-refractivity contribution < 1.29 is 67.7 Å². The molecule has 16 N–H and O–H groups in total. The number of primary amides is 2. The molecule has 1 aliphatic rings. The van der Waals surface area contributed by atoms with Gasteiger partial charge in [-0.25, -0.2) is 0 Å². The standard InChI is InChI=1S/C60H72ClN11O14S2/c1-33(73)50-60(85)71-48(57(82)66-43(52(63)77)27-36-13-21-40(74)22-14-36)32-88-87-31-47(70-56(81)46(29-35-11-19-39(61)20-12-35)69-59(84)49-8-6-26-86-49)58(83)68-45(30-37-15-23-41(75)24-16-37)55(80)67-44(28-34-9-17-38(18-10-34)51(62)76)54(79)65-42(53(78)72-50)7-4-3-5-25-64-2/h6,8-24,26,33,42-48,50,64,73-75H,3-5,7,25,27-32H2,1-2H3,(H2,62,76)(H2,63,77)(H,65,79)(H,66,82)(H,67,80)(H,68,83)(H,69,84)(H,70,81)(H,71,85)(H,72,78)/t33-,42+,43-,44-,45+,46+,47-,48+,50+/m1/s1. The maximum atomic E-state index is 15.0. The number of phenols is 2. The fourth-order valence-electron chi connectivity index (χ4n) is 9.10. The fraction of sp³-hybridized carbons (Fsp3) is 0.367. The summed E-state index contributed by atoms with van der Waals surface area (Å²) in [5, 5.41) is 55.9. The van der Waals surface area contributed by atoms with E-state index in [9.17, 15) is 58.5 Å². The number of rotatable bonds is 23. The molecule has 25 nitrogen and oxygen atoms in total. The molecule has 9 atom stereocenters. The highest BCUT2D eigenvalue weighted by molar-refractivity contribution is 8.76. The number of carbonyl (C=O) groups is 10. The summed E-state index contributed by atoms with van der Waals surface area (Å²) < 4.78 is 5.29. The quantitative estimate of drug-likeness (QED) is 0.0320. The minimum Gasteiger partial charge on any atom is -0.508 e. The molecule has 0 saturated carbocycles. The van der Waals surface area contributed by atoms with Gasteiger partial charge < -0.3 is 79.1 Å². The minimum atomic E-state index is -1.78. The van der Waals surface area contributed by atoms with Gasteiger partial charge in [-0.15, -0.1) is 0 Å². The smallest absolute Gasteiger partial charge is 0.287 e. The van der Waals surface area contributed by atoms with Crippen LogP contribution in [0.1, 0.15) is 75.8 Å². The molecule has 5 aromatic rings. The van der Waals surface area contributed by atoms with Gasteiger partial charge in [0.05, 0.1) is 12.4 Å². The van der Waals surface area contributed by atoms with Crippen molar-refractivity contribution in [3.63, 3.8) is 0 Å². The van der Waals surface area contributed by atoms with Crippen LogP contribution in [0.15, 0.2) is 120 Å². The molecule has 10 amide bonds. The third-order valence-corrected chi connectivity index (χ3v) is 16.7. The second-order valence-electron chi connectivity index (χ2n) is 20.9. The summed E-state index contributed by atoms with van der Waals surface area (Å²) in [5.74, 6) is -10.1. The number of aromatic hydroxyl groups is 2. The number of carbonyl (C=O) groups excluding carboxylic acids is 10. The van der Waals surface area contributed by atoms with Crippen LogP contribution >= 0.6 is 33.2 Å². The number of nitrogens with two attached hydrogens (primary N) is 2. The van der Waals surface area contributed by atoms with Crippen molar-refractivity contribution >= 4 is 92.3 Å². The van der Waals surface area contributed by atoms with E-state index in [1.165, 1.54) is 98.1 Å². The zero-order valence-corrected chi connectivity index (χ0v) is 50.5. The van der Waals surface area contributed by atoms with Crippen LogP contribution in [0.25, 0.3) is 0 Å². The van der Waals surface area contributed by atoms with Crippen LogP contribution in [0.4, 0.5) is 0 Å². The lowest BCUT2D eigenvalue weighted by molar-refractivity contribution is -0.136. The Morgan fingerprint density at radius 1 is 0.636 bits per heavy atom. The molecule has 0 spiro atoms. The Morgan fingerprint density at radius 3 is 1.73 bits per heavy atom. The zero-order chi connectivity index (χ0) is 63.9. The maximum absolute atomic E-state index is 15.0. The van der Waals surface area contributed by atoms with E-state index >= 15 is 4.79 Å². The van der Waals surface area contributed by atoms with Crippen molar-refractivity contribution in [3.8, 4) is 11.5 Å². The summed E-state index contributed by atoms with van der Waals surface area (Å²) in [7, 11) is 3.59. The number of furan rings is 1. The second kappa shape index (κ2) is 34.1. The Labute approximate surface area is 520 Å². The molecule has 1 fully saturated rings. The van der Waals surface area contributed by atoms with Gasteiger partial charge in [-0.3, -0.25) is 47.9 Å². The van der Waals surface area contributed by atoms with Gasteiger partial charge in [0.15, 0.2) is 5.76 Å².